The number of hydrogen-bond acceptors (Lipinski definition) is 5. The third-order valence-corrected chi connectivity index (χ3v) is 4.40. The average molecular weight is 345 g/mol. The fraction of sp³-hybridized carbons (Fsp3) is 0.200. The van der Waals surface area contributed by atoms with Crippen molar-refractivity contribution >= 4 is 17.4 Å². The molecule has 0 saturated carbocycles. The van der Waals surface area contributed by atoms with E-state index in [9.17, 15) is 4.79 Å². The van der Waals surface area contributed by atoms with E-state index >= 15 is 0 Å². The zero-order valence-electron chi connectivity index (χ0n) is 14.3. The van der Waals surface area contributed by atoms with Crippen LogP contribution >= 0.6 is 0 Å². The molecule has 1 aromatic carbocycles. The minimum absolute atomic E-state index is 0.110. The lowest BCUT2D eigenvalue weighted by Crippen LogP contribution is -2.36. The van der Waals surface area contributed by atoms with E-state index in [0.29, 0.717) is 24.6 Å². The first-order chi connectivity index (χ1) is 12.8. The Morgan fingerprint density at radius 2 is 1.92 bits per heavy atom. The molecule has 0 unspecified atom stereocenters. The van der Waals surface area contributed by atoms with Gasteiger partial charge in [0.05, 0.1) is 24.6 Å². The summed E-state index contributed by atoms with van der Waals surface area (Å²) in [5.74, 6) is 0.507. The van der Waals surface area contributed by atoms with Crippen LogP contribution in [-0.2, 0) is 13.0 Å². The van der Waals surface area contributed by atoms with Gasteiger partial charge in [0.2, 0.25) is 0 Å². The molecule has 4 rings (SSSR count). The van der Waals surface area contributed by atoms with E-state index in [-0.39, 0.29) is 5.91 Å². The normalized spacial score (nSPS) is 13.2. The maximum atomic E-state index is 12.8. The van der Waals surface area contributed by atoms with Gasteiger partial charge in [-0.05, 0) is 36.6 Å². The fourth-order valence-electron chi connectivity index (χ4n) is 3.10. The molecule has 130 valence electrons. The molecule has 3 heterocycles. The van der Waals surface area contributed by atoms with Crippen molar-refractivity contribution in [3.05, 3.63) is 78.0 Å². The molecule has 1 aliphatic heterocycles. The van der Waals surface area contributed by atoms with Gasteiger partial charge in [0.25, 0.3) is 5.91 Å². The third-order valence-electron chi connectivity index (χ3n) is 4.40. The molecular formula is C20H19N5O. The first kappa shape index (κ1) is 16.2. The smallest absolute Gasteiger partial charge is 0.278 e. The number of para-hydroxylation sites is 1. The van der Waals surface area contributed by atoms with Crippen LogP contribution in [0.2, 0.25) is 0 Å². The number of fused-ring (bicyclic) bond motifs is 1. The van der Waals surface area contributed by atoms with Gasteiger partial charge in [-0.3, -0.25) is 9.78 Å². The molecule has 3 aromatic rings. The number of aryl methyl sites for hydroxylation is 1. The summed E-state index contributed by atoms with van der Waals surface area (Å²) in [6, 6.07) is 13.8. The second kappa shape index (κ2) is 7.31. The third kappa shape index (κ3) is 3.39. The summed E-state index contributed by atoms with van der Waals surface area (Å²) in [4.78, 5) is 27.5. The molecule has 2 aromatic heterocycles. The van der Waals surface area contributed by atoms with Gasteiger partial charge in [-0.2, -0.15) is 0 Å². The van der Waals surface area contributed by atoms with Gasteiger partial charge in [-0.1, -0.05) is 24.3 Å². The summed E-state index contributed by atoms with van der Waals surface area (Å²) in [6.07, 6.45) is 6.83. The molecular weight excluding hydrogens is 326 g/mol. The van der Waals surface area contributed by atoms with Crippen molar-refractivity contribution in [2.24, 2.45) is 0 Å². The second-order valence-electron chi connectivity index (χ2n) is 6.15. The van der Waals surface area contributed by atoms with Gasteiger partial charge in [0, 0.05) is 18.4 Å². The van der Waals surface area contributed by atoms with Gasteiger partial charge in [0.1, 0.15) is 11.5 Å². The van der Waals surface area contributed by atoms with Gasteiger partial charge >= 0.3 is 0 Å². The standard InChI is InChI=1S/C20H19N5O/c26-20(25-11-5-7-15-6-1-2-9-18(15)25)17-13-24-19(14-22-17)23-12-16-8-3-4-10-21-16/h1-4,6,8-10,13-14H,5,7,11-12H2,(H,23,24). The molecule has 6 heteroatoms. The Labute approximate surface area is 151 Å². The minimum atomic E-state index is -0.110. The molecule has 0 spiro atoms. The van der Waals surface area contributed by atoms with E-state index in [1.165, 1.54) is 11.8 Å². The summed E-state index contributed by atoms with van der Waals surface area (Å²) in [5.41, 5.74) is 3.45. The van der Waals surface area contributed by atoms with Crippen molar-refractivity contribution in [3.63, 3.8) is 0 Å². The Morgan fingerprint density at radius 3 is 2.73 bits per heavy atom. The van der Waals surface area contributed by atoms with Crippen molar-refractivity contribution in [2.75, 3.05) is 16.8 Å². The van der Waals surface area contributed by atoms with Gasteiger partial charge in [-0.25, -0.2) is 9.97 Å². The molecule has 0 saturated heterocycles. The summed E-state index contributed by atoms with van der Waals surface area (Å²) in [5, 5.41) is 3.16. The Hall–Kier alpha value is -3.28. The van der Waals surface area contributed by atoms with Gasteiger partial charge in [0.15, 0.2) is 0 Å². The molecule has 0 radical (unpaired) electrons. The van der Waals surface area contributed by atoms with Crippen LogP contribution in [-0.4, -0.2) is 27.4 Å². The number of rotatable bonds is 4. The van der Waals surface area contributed by atoms with Crippen LogP contribution in [0.15, 0.2) is 61.1 Å². The van der Waals surface area contributed by atoms with Crippen LogP contribution in [0, 0.1) is 0 Å². The van der Waals surface area contributed by atoms with E-state index in [1.54, 1.807) is 17.3 Å². The number of carbonyl (C=O) groups is 1. The highest BCUT2D eigenvalue weighted by Gasteiger charge is 2.24. The highest BCUT2D eigenvalue weighted by molar-refractivity contribution is 6.05. The number of anilines is 2. The summed E-state index contributed by atoms with van der Waals surface area (Å²) in [6.45, 7) is 1.26. The van der Waals surface area contributed by atoms with Crippen LogP contribution in [0.4, 0.5) is 11.5 Å². The van der Waals surface area contributed by atoms with Crippen LogP contribution in [0.25, 0.3) is 0 Å². The number of pyridine rings is 1. The van der Waals surface area contributed by atoms with Crippen molar-refractivity contribution < 1.29 is 4.79 Å². The summed E-state index contributed by atoms with van der Waals surface area (Å²) >= 11 is 0. The van der Waals surface area contributed by atoms with E-state index in [4.69, 9.17) is 0 Å². The maximum absolute atomic E-state index is 12.8. The molecule has 1 N–H and O–H groups in total. The zero-order valence-corrected chi connectivity index (χ0v) is 14.3. The Balaban J connectivity index is 1.46. The van der Waals surface area contributed by atoms with Crippen LogP contribution in [0.5, 0.6) is 0 Å². The zero-order chi connectivity index (χ0) is 17.8. The Morgan fingerprint density at radius 1 is 1.04 bits per heavy atom. The van der Waals surface area contributed by atoms with E-state index < -0.39 is 0 Å². The number of nitrogens with zero attached hydrogens (tertiary/aromatic N) is 4. The fourth-order valence-corrected chi connectivity index (χ4v) is 3.10. The topological polar surface area (TPSA) is 71.0 Å². The van der Waals surface area contributed by atoms with E-state index in [0.717, 1.165) is 24.2 Å². The van der Waals surface area contributed by atoms with Crippen LogP contribution in [0.3, 0.4) is 0 Å². The lowest BCUT2D eigenvalue weighted by Gasteiger charge is -2.29. The molecule has 1 aliphatic rings. The lowest BCUT2D eigenvalue weighted by molar-refractivity contribution is 0.0980. The van der Waals surface area contributed by atoms with Crippen molar-refractivity contribution in [2.45, 2.75) is 19.4 Å². The number of carbonyl (C=O) groups excluding carboxylic acids is 1. The highest BCUT2D eigenvalue weighted by Crippen LogP contribution is 2.27. The number of nitrogens with one attached hydrogen (secondary N) is 1. The van der Waals surface area contributed by atoms with Gasteiger partial charge in [-0.15, -0.1) is 0 Å². The van der Waals surface area contributed by atoms with E-state index in [1.807, 2.05) is 36.4 Å². The minimum Gasteiger partial charge on any atom is -0.363 e. The largest absolute Gasteiger partial charge is 0.363 e. The Bertz CT molecular complexity index is 896. The number of aromatic nitrogens is 3. The van der Waals surface area contributed by atoms with Crippen molar-refractivity contribution in [1.82, 2.24) is 15.0 Å². The second-order valence-corrected chi connectivity index (χ2v) is 6.15. The van der Waals surface area contributed by atoms with Crippen molar-refractivity contribution in [3.8, 4) is 0 Å². The van der Waals surface area contributed by atoms with Crippen molar-refractivity contribution in [1.29, 1.82) is 0 Å². The lowest BCUT2D eigenvalue weighted by atomic mass is 10.0. The SMILES string of the molecule is O=C(c1cnc(NCc2ccccn2)cn1)N1CCCc2ccccc21. The number of hydrogen-bond donors (Lipinski definition) is 1. The van der Waals surface area contributed by atoms with E-state index in [2.05, 4.69) is 26.3 Å². The molecule has 26 heavy (non-hydrogen) atoms. The average Bonchev–Trinajstić information content (AvgIpc) is 2.72. The Kier molecular flexibility index (Phi) is 4.55. The number of benzene rings is 1. The van der Waals surface area contributed by atoms with Gasteiger partial charge < -0.3 is 10.2 Å². The monoisotopic (exact) mass is 345 g/mol. The predicted molar refractivity (Wildman–Crippen MR) is 100 cm³/mol. The highest BCUT2D eigenvalue weighted by atomic mass is 16.2. The molecule has 1 amide bonds. The molecule has 0 bridgehead atoms. The summed E-state index contributed by atoms with van der Waals surface area (Å²) in [7, 11) is 0. The van der Waals surface area contributed by atoms with Crippen LogP contribution in [0.1, 0.15) is 28.2 Å². The van der Waals surface area contributed by atoms with Crippen LogP contribution < -0.4 is 10.2 Å². The number of amides is 1. The first-order valence-corrected chi connectivity index (χ1v) is 8.67. The predicted octanol–water partition coefficient (Wildman–Crippen LogP) is 3.08. The maximum Gasteiger partial charge on any atom is 0.278 e. The molecule has 0 fully saturated rings. The molecule has 0 aliphatic carbocycles. The molecule has 0 atom stereocenters. The quantitative estimate of drug-likeness (QED) is 0.787. The summed E-state index contributed by atoms with van der Waals surface area (Å²) < 4.78 is 0. The molecule has 6 nitrogen and oxygen atoms in total. The first-order valence-electron chi connectivity index (χ1n) is 8.67.